The SMILES string of the molecule is CC[C@H](C)NC(=O)[C@H](CC)N(Cc1ccccc1Cl)C(=O)COc1ccc(Cl)cc1. The number of hydrogen-bond donors (Lipinski definition) is 1. The van der Waals surface area contributed by atoms with Crippen molar-refractivity contribution in [3.63, 3.8) is 0 Å². The van der Waals surface area contributed by atoms with E-state index < -0.39 is 6.04 Å². The zero-order valence-electron chi connectivity index (χ0n) is 17.5. The van der Waals surface area contributed by atoms with Gasteiger partial charge in [0.25, 0.3) is 5.91 Å². The number of nitrogens with one attached hydrogen (secondary N) is 1. The van der Waals surface area contributed by atoms with Crippen LogP contribution in [0.5, 0.6) is 5.75 Å². The highest BCUT2D eigenvalue weighted by Crippen LogP contribution is 2.21. The minimum atomic E-state index is -0.628. The summed E-state index contributed by atoms with van der Waals surface area (Å²) in [5.41, 5.74) is 0.772. The lowest BCUT2D eigenvalue weighted by molar-refractivity contribution is -0.143. The Kier molecular flexibility index (Phi) is 9.47. The van der Waals surface area contributed by atoms with E-state index in [0.29, 0.717) is 22.2 Å². The smallest absolute Gasteiger partial charge is 0.261 e. The van der Waals surface area contributed by atoms with Crippen molar-refractivity contribution < 1.29 is 14.3 Å². The van der Waals surface area contributed by atoms with Crippen LogP contribution in [0.15, 0.2) is 48.5 Å². The Hall–Kier alpha value is -2.24. The summed E-state index contributed by atoms with van der Waals surface area (Å²) >= 11 is 12.2. The molecular formula is C23H28Cl2N2O3. The lowest BCUT2D eigenvalue weighted by Gasteiger charge is -2.31. The highest BCUT2D eigenvalue weighted by atomic mass is 35.5. The second-order valence-electron chi connectivity index (χ2n) is 7.10. The molecule has 2 atom stereocenters. The van der Waals surface area contributed by atoms with E-state index in [0.717, 1.165) is 12.0 Å². The summed E-state index contributed by atoms with van der Waals surface area (Å²) in [5, 5.41) is 4.11. The third kappa shape index (κ3) is 6.92. The molecular weight excluding hydrogens is 423 g/mol. The fourth-order valence-corrected chi connectivity index (χ4v) is 3.25. The van der Waals surface area contributed by atoms with Crippen LogP contribution in [0.4, 0.5) is 0 Å². The average molecular weight is 451 g/mol. The van der Waals surface area contributed by atoms with Gasteiger partial charge >= 0.3 is 0 Å². The normalized spacial score (nSPS) is 12.7. The van der Waals surface area contributed by atoms with Crippen molar-refractivity contribution in [1.29, 1.82) is 0 Å². The molecule has 0 bridgehead atoms. The molecule has 0 saturated heterocycles. The van der Waals surface area contributed by atoms with Gasteiger partial charge in [-0.2, -0.15) is 0 Å². The maximum atomic E-state index is 13.1. The maximum Gasteiger partial charge on any atom is 0.261 e. The van der Waals surface area contributed by atoms with Crippen LogP contribution in [-0.2, 0) is 16.1 Å². The van der Waals surface area contributed by atoms with Crippen LogP contribution in [0.25, 0.3) is 0 Å². The standard InChI is InChI=1S/C23H28Cl2N2O3/c1-4-16(3)26-23(29)21(5-2)27(14-17-8-6-7-9-20(17)25)22(28)15-30-19-12-10-18(24)11-13-19/h6-13,16,21H,4-5,14-15H2,1-3H3,(H,26,29)/t16-,21-/m0/s1. The third-order valence-electron chi connectivity index (χ3n) is 4.86. The zero-order chi connectivity index (χ0) is 22.1. The first kappa shape index (κ1) is 24.0. The number of ether oxygens (including phenoxy) is 1. The number of carbonyl (C=O) groups is 2. The predicted octanol–water partition coefficient (Wildman–Crippen LogP) is 5.09. The molecule has 0 aliphatic rings. The van der Waals surface area contributed by atoms with Crippen molar-refractivity contribution in [1.82, 2.24) is 10.2 Å². The van der Waals surface area contributed by atoms with E-state index in [1.807, 2.05) is 39.0 Å². The average Bonchev–Trinajstić information content (AvgIpc) is 2.74. The maximum absolute atomic E-state index is 13.1. The molecule has 1 N–H and O–H groups in total. The Morgan fingerprint density at radius 1 is 1.03 bits per heavy atom. The van der Waals surface area contributed by atoms with E-state index in [9.17, 15) is 9.59 Å². The van der Waals surface area contributed by atoms with Gasteiger partial charge in [0.05, 0.1) is 0 Å². The summed E-state index contributed by atoms with van der Waals surface area (Å²) in [4.78, 5) is 27.5. The summed E-state index contributed by atoms with van der Waals surface area (Å²) in [5.74, 6) is 0.0531. The minimum Gasteiger partial charge on any atom is -0.484 e. The van der Waals surface area contributed by atoms with Gasteiger partial charge in [0.15, 0.2) is 6.61 Å². The molecule has 0 unspecified atom stereocenters. The lowest BCUT2D eigenvalue weighted by Crippen LogP contribution is -2.51. The number of hydrogen-bond acceptors (Lipinski definition) is 3. The Labute approximate surface area is 188 Å². The fourth-order valence-electron chi connectivity index (χ4n) is 2.93. The van der Waals surface area contributed by atoms with E-state index in [-0.39, 0.29) is 31.0 Å². The first-order chi connectivity index (χ1) is 14.3. The van der Waals surface area contributed by atoms with Gasteiger partial charge in [-0.1, -0.05) is 55.2 Å². The quantitative estimate of drug-likeness (QED) is 0.547. The van der Waals surface area contributed by atoms with Gasteiger partial charge in [0.2, 0.25) is 5.91 Å². The third-order valence-corrected chi connectivity index (χ3v) is 5.48. The van der Waals surface area contributed by atoms with Gasteiger partial charge in [-0.15, -0.1) is 0 Å². The van der Waals surface area contributed by atoms with Crippen LogP contribution in [0.2, 0.25) is 10.0 Å². The summed E-state index contributed by atoms with van der Waals surface area (Å²) in [6.45, 7) is 5.84. The Morgan fingerprint density at radius 2 is 1.70 bits per heavy atom. The monoisotopic (exact) mass is 450 g/mol. The number of halogens is 2. The van der Waals surface area contributed by atoms with E-state index in [1.54, 1.807) is 30.3 Å². The fraction of sp³-hybridized carbons (Fsp3) is 0.391. The number of benzene rings is 2. The van der Waals surface area contributed by atoms with E-state index in [4.69, 9.17) is 27.9 Å². The molecule has 30 heavy (non-hydrogen) atoms. The van der Waals surface area contributed by atoms with Crippen LogP contribution in [0.1, 0.15) is 39.2 Å². The van der Waals surface area contributed by atoms with Crippen LogP contribution >= 0.6 is 23.2 Å². The van der Waals surface area contributed by atoms with Gasteiger partial charge in [0, 0.05) is 22.6 Å². The first-order valence-corrected chi connectivity index (χ1v) is 10.8. The largest absolute Gasteiger partial charge is 0.484 e. The Bertz CT molecular complexity index is 843. The predicted molar refractivity (Wildman–Crippen MR) is 121 cm³/mol. The molecule has 7 heteroatoms. The van der Waals surface area contributed by atoms with Crippen molar-refractivity contribution in [2.45, 2.75) is 52.2 Å². The number of carbonyl (C=O) groups excluding carboxylic acids is 2. The van der Waals surface area contributed by atoms with Gasteiger partial charge < -0.3 is 15.0 Å². The molecule has 0 aliphatic carbocycles. The lowest BCUT2D eigenvalue weighted by atomic mass is 10.1. The second-order valence-corrected chi connectivity index (χ2v) is 7.94. The van der Waals surface area contributed by atoms with E-state index in [2.05, 4.69) is 5.32 Å². The number of amides is 2. The molecule has 0 spiro atoms. The van der Waals surface area contributed by atoms with Crippen LogP contribution in [-0.4, -0.2) is 35.4 Å². The number of nitrogens with zero attached hydrogens (tertiary/aromatic N) is 1. The van der Waals surface area contributed by atoms with Crippen molar-refractivity contribution >= 4 is 35.0 Å². The second kappa shape index (κ2) is 11.8. The summed E-state index contributed by atoms with van der Waals surface area (Å²) < 4.78 is 5.63. The molecule has 0 heterocycles. The molecule has 0 radical (unpaired) electrons. The van der Waals surface area contributed by atoms with Gasteiger partial charge in [-0.25, -0.2) is 0 Å². The van der Waals surface area contributed by atoms with Crippen LogP contribution in [0, 0.1) is 0 Å². The molecule has 2 rings (SSSR count). The van der Waals surface area contributed by atoms with E-state index in [1.165, 1.54) is 4.90 Å². The van der Waals surface area contributed by atoms with Crippen LogP contribution in [0.3, 0.4) is 0 Å². The van der Waals surface area contributed by atoms with E-state index >= 15 is 0 Å². The molecule has 0 saturated carbocycles. The van der Waals surface area contributed by atoms with Crippen molar-refractivity contribution in [3.05, 3.63) is 64.1 Å². The number of rotatable bonds is 10. The molecule has 162 valence electrons. The molecule has 2 aromatic rings. The summed E-state index contributed by atoms with van der Waals surface area (Å²) in [7, 11) is 0. The highest BCUT2D eigenvalue weighted by molar-refractivity contribution is 6.31. The Balaban J connectivity index is 2.21. The molecule has 2 amide bonds. The molecule has 0 fully saturated rings. The molecule has 0 aliphatic heterocycles. The summed E-state index contributed by atoms with van der Waals surface area (Å²) in [6.07, 6.45) is 1.28. The summed E-state index contributed by atoms with van der Waals surface area (Å²) in [6, 6.07) is 13.5. The Morgan fingerprint density at radius 3 is 2.30 bits per heavy atom. The molecule has 0 aromatic heterocycles. The topological polar surface area (TPSA) is 58.6 Å². The molecule has 5 nitrogen and oxygen atoms in total. The van der Waals surface area contributed by atoms with Crippen molar-refractivity contribution in [3.8, 4) is 5.75 Å². The minimum absolute atomic E-state index is 0.0223. The van der Waals surface area contributed by atoms with Crippen molar-refractivity contribution in [2.24, 2.45) is 0 Å². The zero-order valence-corrected chi connectivity index (χ0v) is 19.0. The van der Waals surface area contributed by atoms with Gasteiger partial charge in [-0.05, 0) is 55.7 Å². The van der Waals surface area contributed by atoms with Crippen LogP contribution < -0.4 is 10.1 Å². The first-order valence-electron chi connectivity index (χ1n) is 10.1. The van der Waals surface area contributed by atoms with Gasteiger partial charge in [-0.3, -0.25) is 9.59 Å². The van der Waals surface area contributed by atoms with Gasteiger partial charge in [0.1, 0.15) is 11.8 Å². The van der Waals surface area contributed by atoms with Crippen molar-refractivity contribution in [2.75, 3.05) is 6.61 Å². The molecule has 2 aromatic carbocycles. The highest BCUT2D eigenvalue weighted by Gasteiger charge is 2.29.